The van der Waals surface area contributed by atoms with E-state index in [-0.39, 0.29) is 0 Å². The Morgan fingerprint density at radius 2 is 0.682 bits per heavy atom. The summed E-state index contributed by atoms with van der Waals surface area (Å²) in [6.07, 6.45) is 4.70. The third kappa shape index (κ3) is 2.39. The molecule has 4 bridgehead atoms. The Bertz CT molecular complexity index is 626. The molecule has 2 aromatic rings. The van der Waals surface area contributed by atoms with E-state index in [1.807, 2.05) is 0 Å². The number of aryl methyl sites for hydroxylation is 4. The second kappa shape index (κ2) is 5.57. The van der Waals surface area contributed by atoms with Gasteiger partial charge in [0.05, 0.1) is 0 Å². The van der Waals surface area contributed by atoms with E-state index < -0.39 is 0 Å². The Morgan fingerprint density at radius 3 is 0.909 bits per heavy atom. The molecule has 0 saturated carbocycles. The highest BCUT2D eigenvalue weighted by Gasteiger charge is 2.17. The summed E-state index contributed by atoms with van der Waals surface area (Å²) in [7, 11) is 0. The molecule has 0 saturated heterocycles. The van der Waals surface area contributed by atoms with Gasteiger partial charge in [-0.1, -0.05) is 12.1 Å². The predicted octanol–water partition coefficient (Wildman–Crippen LogP) is 5.42. The molecule has 0 radical (unpaired) electrons. The van der Waals surface area contributed by atoms with Gasteiger partial charge in [0.1, 0.15) is 0 Å². The number of rotatable bonds is 0. The second-order valence-electron chi connectivity index (χ2n) is 7.18. The summed E-state index contributed by atoms with van der Waals surface area (Å²) in [5.74, 6) is 0. The third-order valence-corrected chi connectivity index (χ3v) is 5.83. The monoisotopic (exact) mass is 292 g/mol. The van der Waals surface area contributed by atoms with E-state index >= 15 is 0 Å². The highest BCUT2D eigenvalue weighted by molar-refractivity contribution is 5.50. The van der Waals surface area contributed by atoms with E-state index in [1.165, 1.54) is 47.9 Å². The second-order valence-corrected chi connectivity index (χ2v) is 7.18. The van der Waals surface area contributed by atoms with Crippen molar-refractivity contribution in [3.05, 3.63) is 67.8 Å². The number of hydrogen-bond acceptors (Lipinski definition) is 0. The smallest absolute Gasteiger partial charge is 0.0233 e. The SMILES string of the molecule is Cc1cc(C)c2c(C)c1CCc1c(C)cc(C)c(c1C)CC2. The zero-order chi connectivity index (χ0) is 16.0. The topological polar surface area (TPSA) is 0 Å². The van der Waals surface area contributed by atoms with Crippen LogP contribution in [0.4, 0.5) is 0 Å². The van der Waals surface area contributed by atoms with Crippen LogP contribution in [0, 0.1) is 41.5 Å². The molecule has 0 fully saturated rings. The van der Waals surface area contributed by atoms with Gasteiger partial charge in [-0.05, 0) is 123 Å². The fourth-order valence-corrected chi connectivity index (χ4v) is 4.58. The summed E-state index contributed by atoms with van der Waals surface area (Å²) in [5, 5.41) is 0. The molecule has 1 aliphatic rings. The van der Waals surface area contributed by atoms with Crippen LogP contribution < -0.4 is 0 Å². The van der Waals surface area contributed by atoms with E-state index in [0.717, 1.165) is 0 Å². The minimum absolute atomic E-state index is 1.18. The summed E-state index contributed by atoms with van der Waals surface area (Å²) in [5.41, 5.74) is 15.3. The predicted molar refractivity (Wildman–Crippen MR) is 96.1 cm³/mol. The van der Waals surface area contributed by atoms with Gasteiger partial charge in [-0.15, -0.1) is 0 Å². The summed E-state index contributed by atoms with van der Waals surface area (Å²) in [6.45, 7) is 13.8. The van der Waals surface area contributed by atoms with Gasteiger partial charge in [0.15, 0.2) is 0 Å². The third-order valence-electron chi connectivity index (χ3n) is 5.83. The van der Waals surface area contributed by atoms with Crippen LogP contribution in [0.15, 0.2) is 12.1 Å². The maximum absolute atomic E-state index is 2.40. The molecule has 0 heteroatoms. The highest BCUT2D eigenvalue weighted by atomic mass is 14.2. The lowest BCUT2D eigenvalue weighted by atomic mass is 9.82. The molecule has 22 heavy (non-hydrogen) atoms. The van der Waals surface area contributed by atoms with Crippen molar-refractivity contribution < 1.29 is 0 Å². The van der Waals surface area contributed by atoms with E-state index in [4.69, 9.17) is 0 Å². The van der Waals surface area contributed by atoms with Crippen LogP contribution in [0.3, 0.4) is 0 Å². The quantitative estimate of drug-likeness (QED) is 0.608. The highest BCUT2D eigenvalue weighted by Crippen LogP contribution is 2.30. The van der Waals surface area contributed by atoms with Crippen molar-refractivity contribution in [2.75, 3.05) is 0 Å². The van der Waals surface area contributed by atoms with Gasteiger partial charge in [0.25, 0.3) is 0 Å². The number of hydrogen-bond donors (Lipinski definition) is 0. The van der Waals surface area contributed by atoms with Gasteiger partial charge in [-0.25, -0.2) is 0 Å². The lowest BCUT2D eigenvalue weighted by Crippen LogP contribution is -2.11. The van der Waals surface area contributed by atoms with E-state index in [1.54, 1.807) is 33.4 Å². The Kier molecular flexibility index (Phi) is 3.89. The van der Waals surface area contributed by atoms with Crippen molar-refractivity contribution in [1.29, 1.82) is 0 Å². The average Bonchev–Trinajstić information content (AvgIpc) is 2.43. The van der Waals surface area contributed by atoms with Crippen LogP contribution >= 0.6 is 0 Å². The van der Waals surface area contributed by atoms with Gasteiger partial charge in [-0.2, -0.15) is 0 Å². The first-order chi connectivity index (χ1) is 10.4. The maximum Gasteiger partial charge on any atom is -0.0233 e. The van der Waals surface area contributed by atoms with Gasteiger partial charge >= 0.3 is 0 Å². The summed E-state index contributed by atoms with van der Waals surface area (Å²) >= 11 is 0. The minimum Gasteiger partial charge on any atom is -0.0558 e. The maximum atomic E-state index is 2.40. The molecule has 0 atom stereocenters. The Balaban J connectivity index is 2.19. The van der Waals surface area contributed by atoms with Crippen molar-refractivity contribution in [2.24, 2.45) is 0 Å². The fraction of sp³-hybridized carbons (Fsp3) is 0.455. The average molecular weight is 292 g/mol. The first-order valence-corrected chi connectivity index (χ1v) is 8.57. The van der Waals surface area contributed by atoms with Crippen LogP contribution in [-0.2, 0) is 25.7 Å². The standard InChI is InChI=1S/C22H28/c1-13-11-14(2)20-9-10-22-16(4)12-15(3)21(18(22)6)8-7-19(13)17(20)5/h11-12H,7-10H2,1-6H3. The van der Waals surface area contributed by atoms with Gasteiger partial charge in [0, 0.05) is 0 Å². The van der Waals surface area contributed by atoms with Crippen molar-refractivity contribution in [1.82, 2.24) is 0 Å². The van der Waals surface area contributed by atoms with Crippen molar-refractivity contribution in [2.45, 2.75) is 67.2 Å². The normalized spacial score (nSPS) is 14.1. The lowest BCUT2D eigenvalue weighted by molar-refractivity contribution is 0.850. The Morgan fingerprint density at radius 1 is 0.455 bits per heavy atom. The molecule has 2 aromatic carbocycles. The van der Waals surface area contributed by atoms with Crippen LogP contribution in [0.1, 0.15) is 55.6 Å². The largest absolute Gasteiger partial charge is 0.0558 e. The van der Waals surface area contributed by atoms with Crippen molar-refractivity contribution >= 4 is 0 Å². The number of benzene rings is 2. The molecule has 0 heterocycles. The number of fused-ring (bicyclic) bond motifs is 4. The van der Waals surface area contributed by atoms with Crippen LogP contribution in [0.25, 0.3) is 0 Å². The first-order valence-electron chi connectivity index (χ1n) is 8.57. The van der Waals surface area contributed by atoms with E-state index in [2.05, 4.69) is 53.7 Å². The fourth-order valence-electron chi connectivity index (χ4n) is 4.58. The molecule has 3 rings (SSSR count). The van der Waals surface area contributed by atoms with Crippen LogP contribution in [-0.4, -0.2) is 0 Å². The lowest BCUT2D eigenvalue weighted by Gasteiger charge is -2.23. The molecule has 116 valence electrons. The zero-order valence-corrected chi connectivity index (χ0v) is 15.0. The molecule has 0 spiro atoms. The van der Waals surface area contributed by atoms with Crippen molar-refractivity contribution in [3.8, 4) is 0 Å². The summed E-state index contributed by atoms with van der Waals surface area (Å²) in [6, 6.07) is 4.81. The molecule has 0 amide bonds. The summed E-state index contributed by atoms with van der Waals surface area (Å²) < 4.78 is 0. The van der Waals surface area contributed by atoms with Gasteiger partial charge in [-0.3, -0.25) is 0 Å². The molecule has 1 aliphatic carbocycles. The molecule has 0 aliphatic heterocycles. The summed E-state index contributed by atoms with van der Waals surface area (Å²) in [4.78, 5) is 0. The molecule has 0 N–H and O–H groups in total. The van der Waals surface area contributed by atoms with E-state index in [9.17, 15) is 0 Å². The molecule has 0 nitrogen and oxygen atoms in total. The van der Waals surface area contributed by atoms with Gasteiger partial charge in [0.2, 0.25) is 0 Å². The molecular formula is C22H28. The Labute approximate surface area is 135 Å². The minimum atomic E-state index is 1.18. The molecule has 0 unspecified atom stereocenters. The van der Waals surface area contributed by atoms with Crippen LogP contribution in [0.2, 0.25) is 0 Å². The van der Waals surface area contributed by atoms with Gasteiger partial charge < -0.3 is 0 Å². The van der Waals surface area contributed by atoms with Crippen molar-refractivity contribution in [3.63, 3.8) is 0 Å². The Hall–Kier alpha value is -1.56. The van der Waals surface area contributed by atoms with Crippen LogP contribution in [0.5, 0.6) is 0 Å². The zero-order valence-electron chi connectivity index (χ0n) is 15.0. The molecule has 0 aromatic heterocycles. The first kappa shape index (κ1) is 15.3. The van der Waals surface area contributed by atoms with E-state index in [0.29, 0.717) is 0 Å². The molecular weight excluding hydrogens is 264 g/mol.